The van der Waals surface area contributed by atoms with E-state index >= 15 is 0 Å². The summed E-state index contributed by atoms with van der Waals surface area (Å²) >= 11 is 0. The number of carboxylic acid groups (broad SMARTS) is 1. The van der Waals surface area contributed by atoms with Crippen LogP contribution in [0.15, 0.2) is 66.7 Å². The Morgan fingerprint density at radius 2 is 1.04 bits per heavy atom. The monoisotopic (exact) mass is 1520 g/mol. The van der Waals surface area contributed by atoms with E-state index < -0.39 is 259 Å². The first kappa shape index (κ1) is 80.6. The lowest BCUT2D eigenvalue weighted by atomic mass is 9.30. The average Bonchev–Trinajstić information content (AvgIpc) is 1.53. The summed E-state index contributed by atoms with van der Waals surface area (Å²) in [5.41, 5.74) is -6.10. The summed E-state index contributed by atoms with van der Waals surface area (Å²) in [6, 6.07) is 17.5. The second-order valence-corrected chi connectivity index (χ2v) is 34.1. The van der Waals surface area contributed by atoms with Gasteiger partial charge in [0.1, 0.15) is 110 Å². The molecule has 0 unspecified atom stereocenters. The van der Waals surface area contributed by atoms with E-state index in [0.29, 0.717) is 37.7 Å². The molecule has 11 aliphatic rings. The number of rotatable bonds is 17. The summed E-state index contributed by atoms with van der Waals surface area (Å²) in [4.78, 5) is 42.4. The molecule has 0 aromatic heterocycles. The molecule has 0 amide bonds. The molecule has 598 valence electrons. The van der Waals surface area contributed by atoms with Crippen LogP contribution in [0.2, 0.25) is 0 Å². The standard InChI is InChI=1S/C76H108O31/c1-32-44(81)48(85)52(89)65(96-32)103-58-50(87)45(82)33(2)97-67(58)104-59-51(88)47(84)38(31-78)99-68(59)102-56-54(91)57(63(92)93)101-55(60(56)105-66-53(90)49(86)46(83)37(30-77)98-66)36-22-25-72(7)39(71(36,5)6)23-26-73(8)40(72)24-27-75-41-28-70(3,4)61(106-64(94)35-18-14-11-15-19-35)62(100-43(80)21-20-34-16-12-10-13-17-34)76(41,69(95)107-75)42(79)29-74(73,75)9/h10-21,32-33,36-42,44-62,65-69,77-79,81-91,95H,22-31H2,1-9H3,(H,92,93)/b21-20-/t32-,33-,36+,37+,38+,39-,40+,41-,42+,44-,45-,46-,47-,48+,49-,50+,51-,52+,53+,54-,55-,56-,57-,58+,59+,60-,61-,62-,65-,66-,67-,68-,69-,72-,73+,74-,75-,76+/m0/s1. The molecule has 2 aromatic carbocycles. The Kier molecular flexibility index (Phi) is 22.5. The molecule has 16 N–H and O–H groups in total. The highest BCUT2D eigenvalue weighted by Crippen LogP contribution is 2.82. The number of aliphatic carboxylic acids is 1. The zero-order valence-corrected chi connectivity index (χ0v) is 61.3. The van der Waals surface area contributed by atoms with Gasteiger partial charge in [0, 0.05) is 22.8 Å². The van der Waals surface area contributed by atoms with Crippen LogP contribution in [0.25, 0.3) is 6.08 Å². The zero-order chi connectivity index (χ0) is 77.5. The van der Waals surface area contributed by atoms with Crippen LogP contribution in [0.4, 0.5) is 0 Å². The van der Waals surface area contributed by atoms with Gasteiger partial charge >= 0.3 is 17.9 Å². The van der Waals surface area contributed by atoms with E-state index in [1.54, 1.807) is 36.4 Å². The molecule has 2 bridgehead atoms. The summed E-state index contributed by atoms with van der Waals surface area (Å²) in [6.45, 7) is 15.2. The Balaban J connectivity index is 0.834. The summed E-state index contributed by atoms with van der Waals surface area (Å²) in [7, 11) is 0. The number of aliphatic hydroxyl groups excluding tert-OH is 15. The minimum absolute atomic E-state index is 0.0642. The topological polar surface area (TPSA) is 486 Å². The van der Waals surface area contributed by atoms with Gasteiger partial charge in [0.2, 0.25) is 0 Å². The van der Waals surface area contributed by atoms with Crippen molar-refractivity contribution in [3.8, 4) is 0 Å². The van der Waals surface area contributed by atoms with Gasteiger partial charge in [-0.25, -0.2) is 14.4 Å². The van der Waals surface area contributed by atoms with Gasteiger partial charge in [-0.05, 0) is 123 Å². The minimum Gasteiger partial charge on any atom is -0.479 e. The number of hydrogen-bond acceptors (Lipinski definition) is 30. The number of ether oxygens (including phenoxy) is 12. The number of carbonyl (C=O) groups is 3. The Hall–Kier alpha value is -4.41. The third-order valence-corrected chi connectivity index (χ3v) is 27.9. The van der Waals surface area contributed by atoms with Crippen LogP contribution in [0.3, 0.4) is 0 Å². The van der Waals surface area contributed by atoms with Crippen molar-refractivity contribution in [3.63, 3.8) is 0 Å². The molecule has 0 radical (unpaired) electrons. The number of aliphatic hydroxyl groups is 15. The lowest BCUT2D eigenvalue weighted by Crippen LogP contribution is -2.77. The largest absolute Gasteiger partial charge is 0.479 e. The molecule has 5 aliphatic carbocycles. The van der Waals surface area contributed by atoms with Crippen LogP contribution < -0.4 is 0 Å². The van der Waals surface area contributed by atoms with E-state index in [-0.39, 0.29) is 36.7 Å². The molecular weight excluding hydrogens is 1410 g/mol. The van der Waals surface area contributed by atoms with Crippen molar-refractivity contribution in [2.75, 3.05) is 13.2 Å². The number of esters is 2. The van der Waals surface area contributed by atoms with Crippen LogP contribution in [-0.2, 0) is 66.4 Å². The van der Waals surface area contributed by atoms with E-state index in [0.717, 1.165) is 0 Å². The normalized spacial score (nSPS) is 50.7. The van der Waals surface area contributed by atoms with Crippen molar-refractivity contribution in [2.24, 2.45) is 56.2 Å². The van der Waals surface area contributed by atoms with Crippen LogP contribution in [-0.4, -0.2) is 296 Å². The Morgan fingerprint density at radius 1 is 0.514 bits per heavy atom. The number of carboxylic acids is 1. The number of benzene rings is 2. The molecule has 38 atom stereocenters. The van der Waals surface area contributed by atoms with Crippen molar-refractivity contribution in [1.29, 1.82) is 0 Å². The van der Waals surface area contributed by atoms with Crippen LogP contribution in [0.5, 0.6) is 0 Å². The molecule has 6 heterocycles. The maximum absolute atomic E-state index is 14.4. The Morgan fingerprint density at radius 3 is 1.66 bits per heavy atom. The van der Waals surface area contributed by atoms with E-state index in [4.69, 9.17) is 56.8 Å². The fourth-order valence-electron chi connectivity index (χ4n) is 22.1. The Labute approximate surface area is 619 Å². The third kappa shape index (κ3) is 13.1. The molecule has 107 heavy (non-hydrogen) atoms. The molecule has 2 aromatic rings. The highest BCUT2D eigenvalue weighted by molar-refractivity contribution is 5.90. The molecule has 13 rings (SSSR count). The summed E-state index contributed by atoms with van der Waals surface area (Å²) < 4.78 is 76.4. The second kappa shape index (κ2) is 29.8. The lowest BCUT2D eigenvalue weighted by molar-refractivity contribution is -0.403. The predicted octanol–water partition coefficient (Wildman–Crippen LogP) is -0.716. The van der Waals surface area contributed by atoms with Crippen LogP contribution in [0.1, 0.15) is 130 Å². The molecule has 5 saturated carbocycles. The molecule has 6 aliphatic heterocycles. The van der Waals surface area contributed by atoms with Gasteiger partial charge in [-0.1, -0.05) is 97.0 Å². The van der Waals surface area contributed by atoms with Crippen molar-refractivity contribution in [3.05, 3.63) is 77.9 Å². The fourth-order valence-corrected chi connectivity index (χ4v) is 22.1. The van der Waals surface area contributed by atoms with E-state index in [9.17, 15) is 96.1 Å². The smallest absolute Gasteiger partial charge is 0.338 e. The van der Waals surface area contributed by atoms with E-state index in [1.165, 1.54) is 19.9 Å². The number of carbonyl (C=O) groups excluding carboxylic acids is 2. The lowest BCUT2D eigenvalue weighted by Gasteiger charge is -2.75. The van der Waals surface area contributed by atoms with Crippen molar-refractivity contribution in [2.45, 2.75) is 297 Å². The van der Waals surface area contributed by atoms with Crippen molar-refractivity contribution >= 4 is 24.0 Å². The quantitative estimate of drug-likeness (QED) is 0.0687. The predicted molar refractivity (Wildman–Crippen MR) is 364 cm³/mol. The van der Waals surface area contributed by atoms with Crippen LogP contribution >= 0.6 is 0 Å². The highest BCUT2D eigenvalue weighted by atomic mass is 16.8. The second-order valence-electron chi connectivity index (χ2n) is 34.1. The molecule has 1 spiro atoms. The first-order valence-corrected chi connectivity index (χ1v) is 37.4. The SMILES string of the molecule is C[C@@H]1O[C@@H](O[C@H]2[C@H](O[C@H]3[C@H](O[C@H]4[C@H](O)[C@@H](C(=O)O)O[C@@H]([C@H]5CC[C@]6(C)[C@H]7CC[C@@]89O[C@H](O)[C@@]%10([C@H](O)C[C@@]8(C)[C@]7(C)CC[C@H]6C5(C)C)[C@H]9CC(C)(C)[C@@H](OC(=O)c5ccccc5)[C@@H]%10OC(=O)/C=C\c5ccccc5)[C@@H]4O[C@@H]4O[C@H](CO)[C@H](O)[C@H](O)[C@H]4O)O[C@H](CO)[C@H](O)[C@@H]3O)O[C@@H](C)[C@H](O)[C@H]2O)[C@H](O)[C@H](O)[C@H]1O. The maximum Gasteiger partial charge on any atom is 0.338 e. The van der Waals surface area contributed by atoms with Gasteiger partial charge in [0.05, 0.1) is 54.2 Å². The molecular formula is C76H108O31. The molecule has 31 heteroatoms. The molecule has 11 fully saturated rings. The van der Waals surface area contributed by atoms with Crippen LogP contribution in [0, 0.1) is 56.2 Å². The molecule has 6 saturated heterocycles. The van der Waals surface area contributed by atoms with Crippen molar-refractivity contribution in [1.82, 2.24) is 0 Å². The van der Waals surface area contributed by atoms with Gasteiger partial charge < -0.3 is 139 Å². The van der Waals surface area contributed by atoms with Gasteiger partial charge in [-0.3, -0.25) is 0 Å². The van der Waals surface area contributed by atoms with Crippen molar-refractivity contribution < 1.29 is 153 Å². The summed E-state index contributed by atoms with van der Waals surface area (Å²) in [6.07, 6.45) is -47.2. The number of fused-ring (bicyclic) bond motifs is 4. The zero-order valence-electron chi connectivity index (χ0n) is 61.3. The van der Waals surface area contributed by atoms with Gasteiger partial charge in [-0.15, -0.1) is 0 Å². The van der Waals surface area contributed by atoms with Gasteiger partial charge in [0.15, 0.2) is 43.7 Å². The number of hydrogen-bond donors (Lipinski definition) is 16. The molecule has 31 nitrogen and oxygen atoms in total. The highest BCUT2D eigenvalue weighted by Gasteiger charge is 2.86. The van der Waals surface area contributed by atoms with E-state index in [2.05, 4.69) is 20.8 Å². The summed E-state index contributed by atoms with van der Waals surface area (Å²) in [5, 5.41) is 184. The first-order chi connectivity index (χ1) is 50.4. The van der Waals surface area contributed by atoms with E-state index in [1.807, 2.05) is 58.0 Å². The van der Waals surface area contributed by atoms with Gasteiger partial charge in [0.25, 0.3) is 0 Å². The average molecular weight is 1520 g/mol. The fraction of sp³-hybridized carbons (Fsp3) is 0.776. The first-order valence-electron chi connectivity index (χ1n) is 37.4. The van der Waals surface area contributed by atoms with Gasteiger partial charge in [-0.2, -0.15) is 0 Å². The third-order valence-electron chi connectivity index (χ3n) is 27.9. The summed E-state index contributed by atoms with van der Waals surface area (Å²) in [5.74, 6) is -5.13. The maximum atomic E-state index is 14.4. The minimum atomic E-state index is -2.32. The Bertz CT molecular complexity index is 3500.